The van der Waals surface area contributed by atoms with Gasteiger partial charge in [-0.25, -0.2) is 0 Å². The number of unbranched alkanes of at least 4 members (excludes halogenated alkanes) is 33. The third-order valence-corrected chi connectivity index (χ3v) is 12.6. The van der Waals surface area contributed by atoms with Crippen LogP contribution < -0.4 is 0 Å². The smallest absolute Gasteiger partial charge is 0.306 e. The van der Waals surface area contributed by atoms with E-state index < -0.39 is 6.10 Å². The molecule has 0 fully saturated rings. The van der Waals surface area contributed by atoms with E-state index in [1.165, 1.54) is 154 Å². The molecule has 0 radical (unpaired) electrons. The molecule has 0 aliphatic heterocycles. The van der Waals surface area contributed by atoms with Gasteiger partial charge in [0.15, 0.2) is 6.10 Å². The average molecular weight is 938 g/mol. The Kier molecular flexibility index (Phi) is 53.3. The summed E-state index contributed by atoms with van der Waals surface area (Å²) in [7, 11) is 0. The minimum Gasteiger partial charge on any atom is -0.462 e. The standard InChI is InChI=1S/C61H108O6/c1-4-7-10-13-16-19-22-25-28-30-32-33-36-39-42-45-48-51-54-60(63)66-57-58(56-65-59(62)53-50-47-44-41-38-35-27-24-21-18-15-12-9-6-3)67-61(64)55-52-49-46-43-40-37-34-31-29-26-23-20-17-14-11-8-5-2/h9,12,18,21-22,25,28,30,32-33,58H,4-8,10-11,13-17,19-20,23-24,26-27,29,31,34-57H2,1-3H3/b12-9-,21-18-,25-22-,30-28-,33-32-. The monoisotopic (exact) mass is 937 g/mol. The van der Waals surface area contributed by atoms with Crippen molar-refractivity contribution in [3.8, 4) is 0 Å². The van der Waals surface area contributed by atoms with Gasteiger partial charge in [0.05, 0.1) is 0 Å². The summed E-state index contributed by atoms with van der Waals surface area (Å²) >= 11 is 0. The molecule has 0 aromatic heterocycles. The van der Waals surface area contributed by atoms with Crippen molar-refractivity contribution in [2.45, 2.75) is 297 Å². The van der Waals surface area contributed by atoms with E-state index in [9.17, 15) is 14.4 Å². The van der Waals surface area contributed by atoms with Crippen LogP contribution in [0.4, 0.5) is 0 Å². The van der Waals surface area contributed by atoms with E-state index >= 15 is 0 Å². The molecule has 0 saturated heterocycles. The first-order valence-corrected chi connectivity index (χ1v) is 28.8. The lowest BCUT2D eigenvalue weighted by Crippen LogP contribution is -2.30. The van der Waals surface area contributed by atoms with E-state index in [1.807, 2.05) is 0 Å². The maximum absolute atomic E-state index is 12.9. The van der Waals surface area contributed by atoms with Crippen LogP contribution >= 0.6 is 0 Å². The maximum atomic E-state index is 12.9. The predicted octanol–water partition coefficient (Wildman–Crippen LogP) is 19.2. The van der Waals surface area contributed by atoms with Crippen LogP contribution in [-0.2, 0) is 28.6 Å². The van der Waals surface area contributed by atoms with Gasteiger partial charge in [0, 0.05) is 19.3 Å². The van der Waals surface area contributed by atoms with Crippen LogP contribution in [0.5, 0.6) is 0 Å². The molecule has 6 heteroatoms. The molecule has 1 unspecified atom stereocenters. The van der Waals surface area contributed by atoms with Gasteiger partial charge in [-0.2, -0.15) is 0 Å². The molecule has 0 rings (SSSR count). The second-order valence-electron chi connectivity index (χ2n) is 19.2. The summed E-state index contributed by atoms with van der Waals surface area (Å²) < 4.78 is 16.9. The van der Waals surface area contributed by atoms with Gasteiger partial charge >= 0.3 is 17.9 Å². The normalized spacial score (nSPS) is 12.5. The zero-order valence-corrected chi connectivity index (χ0v) is 44.4. The van der Waals surface area contributed by atoms with E-state index in [4.69, 9.17) is 14.2 Å². The van der Waals surface area contributed by atoms with E-state index in [2.05, 4.69) is 81.5 Å². The first-order chi connectivity index (χ1) is 33.0. The quantitative estimate of drug-likeness (QED) is 0.0199. The minimum absolute atomic E-state index is 0.0830. The summed E-state index contributed by atoms with van der Waals surface area (Å²) in [5, 5.41) is 0. The highest BCUT2D eigenvalue weighted by Crippen LogP contribution is 2.16. The Labute approximate surface area is 415 Å². The van der Waals surface area contributed by atoms with Crippen LogP contribution in [0.15, 0.2) is 60.8 Å². The average Bonchev–Trinajstić information content (AvgIpc) is 3.33. The Morgan fingerprint density at radius 1 is 0.328 bits per heavy atom. The van der Waals surface area contributed by atoms with Crippen LogP contribution in [0.3, 0.4) is 0 Å². The zero-order chi connectivity index (χ0) is 48.6. The summed E-state index contributed by atoms with van der Waals surface area (Å²) in [6, 6.07) is 0. The lowest BCUT2D eigenvalue weighted by atomic mass is 10.0. The number of rotatable bonds is 52. The summed E-state index contributed by atoms with van der Waals surface area (Å²) in [6.45, 7) is 6.53. The van der Waals surface area contributed by atoms with Gasteiger partial charge in [-0.15, -0.1) is 0 Å². The van der Waals surface area contributed by atoms with Crippen molar-refractivity contribution in [2.75, 3.05) is 13.2 Å². The van der Waals surface area contributed by atoms with Crippen molar-refractivity contribution in [3.63, 3.8) is 0 Å². The van der Waals surface area contributed by atoms with Crippen molar-refractivity contribution in [3.05, 3.63) is 60.8 Å². The Morgan fingerprint density at radius 3 is 1.01 bits per heavy atom. The Balaban J connectivity index is 4.40. The van der Waals surface area contributed by atoms with Crippen molar-refractivity contribution in [2.24, 2.45) is 0 Å². The molecule has 0 aliphatic carbocycles. The minimum atomic E-state index is -0.784. The summed E-state index contributed by atoms with van der Waals surface area (Å²) in [4.78, 5) is 38.1. The van der Waals surface area contributed by atoms with Gasteiger partial charge in [-0.1, -0.05) is 261 Å². The molecule has 388 valence electrons. The third-order valence-electron chi connectivity index (χ3n) is 12.6. The first-order valence-electron chi connectivity index (χ1n) is 28.8. The van der Waals surface area contributed by atoms with E-state index in [1.54, 1.807) is 0 Å². The molecule has 0 amide bonds. The number of carbonyl (C=O) groups is 3. The van der Waals surface area contributed by atoms with Gasteiger partial charge in [0.25, 0.3) is 0 Å². The highest BCUT2D eigenvalue weighted by Gasteiger charge is 2.19. The molecule has 6 nitrogen and oxygen atoms in total. The van der Waals surface area contributed by atoms with Gasteiger partial charge in [0.2, 0.25) is 0 Å². The van der Waals surface area contributed by atoms with Gasteiger partial charge in [-0.05, 0) is 70.6 Å². The molecule has 0 N–H and O–H groups in total. The molecular weight excluding hydrogens is 829 g/mol. The van der Waals surface area contributed by atoms with Crippen molar-refractivity contribution in [1.82, 2.24) is 0 Å². The molecule has 67 heavy (non-hydrogen) atoms. The fraction of sp³-hybridized carbons (Fsp3) is 0.787. The van der Waals surface area contributed by atoms with Crippen LogP contribution in [0, 0.1) is 0 Å². The number of hydrogen-bond acceptors (Lipinski definition) is 6. The van der Waals surface area contributed by atoms with Crippen molar-refractivity contribution >= 4 is 17.9 Å². The zero-order valence-electron chi connectivity index (χ0n) is 44.4. The second kappa shape index (κ2) is 55.7. The largest absolute Gasteiger partial charge is 0.462 e. The molecule has 0 saturated carbocycles. The van der Waals surface area contributed by atoms with Crippen LogP contribution in [0.2, 0.25) is 0 Å². The Morgan fingerprint density at radius 2 is 0.642 bits per heavy atom. The van der Waals surface area contributed by atoms with Crippen molar-refractivity contribution in [1.29, 1.82) is 0 Å². The number of ether oxygens (including phenoxy) is 3. The van der Waals surface area contributed by atoms with Gasteiger partial charge in [-0.3, -0.25) is 14.4 Å². The molecule has 0 spiro atoms. The number of carbonyl (C=O) groups excluding carboxylic acids is 3. The van der Waals surface area contributed by atoms with Gasteiger partial charge < -0.3 is 14.2 Å². The highest BCUT2D eigenvalue weighted by molar-refractivity contribution is 5.71. The molecule has 0 bridgehead atoms. The summed E-state index contributed by atoms with van der Waals surface area (Å²) in [6.07, 6.45) is 69.2. The number of allylic oxidation sites excluding steroid dienone is 10. The molecule has 1 atom stereocenters. The second-order valence-corrected chi connectivity index (χ2v) is 19.2. The summed E-state index contributed by atoms with van der Waals surface area (Å²) in [5.41, 5.74) is 0. The highest BCUT2D eigenvalue weighted by atomic mass is 16.6. The fourth-order valence-electron chi connectivity index (χ4n) is 8.25. The Hall–Kier alpha value is -2.89. The van der Waals surface area contributed by atoms with E-state index in [-0.39, 0.29) is 31.1 Å². The SMILES string of the molecule is CC/C=C\C/C=C\CCCCCCCCCC(=O)OCC(COC(=O)CCCCCCC\C=C/C=C\C=C/CCCCCCC)OC(=O)CCCCCCCCCCCCCCCCCCC. The van der Waals surface area contributed by atoms with Crippen LogP contribution in [-0.4, -0.2) is 37.2 Å². The number of hydrogen-bond donors (Lipinski definition) is 0. The van der Waals surface area contributed by atoms with Crippen LogP contribution in [0.1, 0.15) is 290 Å². The van der Waals surface area contributed by atoms with E-state index in [0.29, 0.717) is 19.3 Å². The van der Waals surface area contributed by atoms with E-state index in [0.717, 1.165) is 96.3 Å². The lowest BCUT2D eigenvalue weighted by molar-refractivity contribution is -0.167. The Bertz CT molecular complexity index is 1210. The van der Waals surface area contributed by atoms with Crippen molar-refractivity contribution < 1.29 is 28.6 Å². The molecular formula is C61H108O6. The first kappa shape index (κ1) is 64.1. The molecule has 0 aromatic carbocycles. The predicted molar refractivity (Wildman–Crippen MR) is 288 cm³/mol. The molecule has 0 aliphatic rings. The molecule has 0 heterocycles. The topological polar surface area (TPSA) is 78.9 Å². The van der Waals surface area contributed by atoms with Gasteiger partial charge in [0.1, 0.15) is 13.2 Å². The van der Waals surface area contributed by atoms with Crippen LogP contribution in [0.25, 0.3) is 0 Å². The maximum Gasteiger partial charge on any atom is 0.306 e. The fourth-order valence-corrected chi connectivity index (χ4v) is 8.25. The summed E-state index contributed by atoms with van der Waals surface area (Å²) in [5.74, 6) is -0.898. The lowest BCUT2D eigenvalue weighted by Gasteiger charge is -2.18. The molecule has 0 aromatic rings. The number of esters is 3. The third kappa shape index (κ3) is 53.9.